The van der Waals surface area contributed by atoms with E-state index in [1.807, 2.05) is 6.66 Å². The van der Waals surface area contributed by atoms with E-state index in [2.05, 4.69) is 41.5 Å². The molecule has 19 heavy (non-hydrogen) atoms. The maximum atomic E-state index is 2.34. The fourth-order valence-corrected chi connectivity index (χ4v) is 9.16. The Bertz CT molecular complexity index is 459. The van der Waals surface area contributed by atoms with Gasteiger partial charge in [-0.25, -0.2) is 0 Å². The summed E-state index contributed by atoms with van der Waals surface area (Å²) < 4.78 is 3.69. The first-order chi connectivity index (χ1) is 7.91. The van der Waals surface area contributed by atoms with Crippen molar-refractivity contribution in [1.82, 2.24) is 0 Å². The van der Waals surface area contributed by atoms with Crippen LogP contribution in [-0.4, -0.2) is 0 Å². The second-order valence-electron chi connectivity index (χ2n) is 5.50. The Hall–Kier alpha value is 0.790. The molecule has 104 valence electrons. The number of hydrogen-bond acceptors (Lipinski definition) is 0. The van der Waals surface area contributed by atoms with Gasteiger partial charge in [0, 0.05) is 0 Å². The molecule has 0 amide bonds. The summed E-state index contributed by atoms with van der Waals surface area (Å²) in [6.45, 7) is 13.9. The first-order valence-corrected chi connectivity index (χ1v) is 10.0. The van der Waals surface area contributed by atoms with Crippen LogP contribution < -0.4 is 34.0 Å². The van der Waals surface area contributed by atoms with Crippen molar-refractivity contribution in [2.45, 2.75) is 54.4 Å². The third-order valence-corrected chi connectivity index (χ3v) is 10.6. The van der Waals surface area contributed by atoms with Gasteiger partial charge in [0.1, 0.15) is 0 Å². The molecular weight excluding hydrogens is 530 g/mol. The molecule has 0 unspecified atom stereocenters. The number of halogens is 2. The van der Waals surface area contributed by atoms with Gasteiger partial charge >= 0.3 is 117 Å². The predicted octanol–water partition coefficient (Wildman–Crippen LogP) is -0.895. The van der Waals surface area contributed by atoms with Crippen LogP contribution in [0.15, 0.2) is 40.1 Å². The van der Waals surface area contributed by atoms with Crippen LogP contribution in [0.2, 0.25) is 0 Å². The molecule has 0 saturated heterocycles. The van der Waals surface area contributed by atoms with E-state index in [1.165, 1.54) is 12.8 Å². The molecule has 0 nitrogen and oxygen atoms in total. The Labute approximate surface area is 150 Å². The van der Waals surface area contributed by atoms with Gasteiger partial charge in [-0.2, -0.15) is 0 Å². The summed E-state index contributed by atoms with van der Waals surface area (Å²) in [7, 11) is 0. The summed E-state index contributed by atoms with van der Waals surface area (Å²) in [6.07, 6.45) is 2.57. The molecule has 0 aliphatic heterocycles. The summed E-state index contributed by atoms with van der Waals surface area (Å²) >= 11 is -0.733. The molecule has 0 aromatic carbocycles. The largest absolute Gasteiger partial charge is 1.00 e. The Kier molecular flexibility index (Phi) is 8.02. The molecule has 0 aromatic heterocycles. The third-order valence-electron chi connectivity index (χ3n) is 4.50. The van der Waals surface area contributed by atoms with E-state index >= 15 is 0 Å². The van der Waals surface area contributed by atoms with Crippen molar-refractivity contribution in [3.05, 3.63) is 40.1 Å². The van der Waals surface area contributed by atoms with Gasteiger partial charge in [-0.3, -0.25) is 0 Å². The molecule has 3 heteroatoms. The number of rotatable bonds is 2. The van der Waals surface area contributed by atoms with Crippen molar-refractivity contribution in [3.63, 3.8) is 0 Å². The van der Waals surface area contributed by atoms with Gasteiger partial charge in [-0.15, -0.1) is 0 Å². The molecule has 2 aliphatic carbocycles. The van der Waals surface area contributed by atoms with Gasteiger partial charge in [0.25, 0.3) is 0 Å². The van der Waals surface area contributed by atoms with E-state index in [-0.39, 0.29) is 34.0 Å². The fourth-order valence-electron chi connectivity index (χ4n) is 2.61. The first-order valence-electron chi connectivity index (χ1n) is 6.41. The van der Waals surface area contributed by atoms with E-state index in [9.17, 15) is 0 Å². The van der Waals surface area contributed by atoms with Crippen molar-refractivity contribution in [2.24, 2.45) is 0 Å². The summed E-state index contributed by atoms with van der Waals surface area (Å²) in [6, 6.07) is 0. The second kappa shape index (κ2) is 7.70. The molecule has 0 atom stereocenters. The quantitative estimate of drug-likeness (QED) is 0.390. The topological polar surface area (TPSA) is 0 Å². The molecule has 0 saturated carbocycles. The molecule has 0 bridgehead atoms. The molecule has 0 heterocycles. The van der Waals surface area contributed by atoms with Crippen LogP contribution in [0.3, 0.4) is 0 Å². The molecule has 0 spiro atoms. The van der Waals surface area contributed by atoms with Crippen molar-refractivity contribution in [3.8, 4) is 0 Å². The Morgan fingerprint density at radius 2 is 0.895 bits per heavy atom. The van der Waals surface area contributed by atoms with Gasteiger partial charge < -0.3 is 34.0 Å². The molecule has 2 rings (SSSR count). The van der Waals surface area contributed by atoms with Gasteiger partial charge in [0.15, 0.2) is 0 Å². The normalized spacial score (nSPS) is 18.8. The van der Waals surface area contributed by atoms with Crippen LogP contribution in [0, 0.1) is 0 Å². The molecule has 2 aliphatic rings. The molecular formula is C16H22Br2Hf. The van der Waals surface area contributed by atoms with Crippen molar-refractivity contribution < 1.29 is 56.9 Å². The monoisotopic (exact) mass is 552 g/mol. The van der Waals surface area contributed by atoms with Crippen LogP contribution in [0.5, 0.6) is 0 Å². The van der Waals surface area contributed by atoms with Crippen LogP contribution in [0.4, 0.5) is 0 Å². The molecule has 0 fully saturated rings. The van der Waals surface area contributed by atoms with E-state index < -0.39 is 22.9 Å². The third kappa shape index (κ3) is 3.91. The molecule has 0 N–H and O–H groups in total. The van der Waals surface area contributed by atoms with E-state index in [4.69, 9.17) is 0 Å². The minimum absolute atomic E-state index is 0. The standard InChI is InChI=1S/2C8H11.2BrH.Hf/c2*1-6-4-5-7(2)8(6)3;;;/h2*4H2,1-3H3;2*1H;/q;;;;+2/p-2. The Morgan fingerprint density at radius 1 is 0.579 bits per heavy atom. The number of hydrogen-bond donors (Lipinski definition) is 0. The van der Waals surface area contributed by atoms with Crippen LogP contribution in [0.25, 0.3) is 0 Å². The van der Waals surface area contributed by atoms with Gasteiger partial charge in [-0.1, -0.05) is 0 Å². The second-order valence-corrected chi connectivity index (χ2v) is 10.7. The van der Waals surface area contributed by atoms with E-state index in [0.29, 0.717) is 0 Å². The van der Waals surface area contributed by atoms with Crippen LogP contribution in [0.1, 0.15) is 54.4 Å². The average molecular weight is 553 g/mol. The van der Waals surface area contributed by atoms with Crippen molar-refractivity contribution in [2.75, 3.05) is 0 Å². The summed E-state index contributed by atoms with van der Waals surface area (Å²) in [5.41, 5.74) is 9.64. The van der Waals surface area contributed by atoms with Gasteiger partial charge in [-0.05, 0) is 0 Å². The van der Waals surface area contributed by atoms with E-state index in [1.54, 1.807) is 33.4 Å². The van der Waals surface area contributed by atoms with Crippen LogP contribution >= 0.6 is 0 Å². The maximum Gasteiger partial charge on any atom is -1.00 e. The SMILES string of the molecule is CC1=C(C)C(C)=[C]([Hf+2][C]2=C(C)C(C)=C(C)C2)C1.[Br-].[Br-]. The Morgan fingerprint density at radius 3 is 1.11 bits per heavy atom. The fraction of sp³-hybridized carbons (Fsp3) is 0.500. The van der Waals surface area contributed by atoms with Crippen molar-refractivity contribution in [1.29, 1.82) is 0 Å². The molecule has 0 radical (unpaired) electrons. The molecule has 0 aromatic rings. The predicted molar refractivity (Wildman–Crippen MR) is 71.4 cm³/mol. The van der Waals surface area contributed by atoms with Gasteiger partial charge in [0.2, 0.25) is 0 Å². The first kappa shape index (κ1) is 19.8. The van der Waals surface area contributed by atoms with E-state index in [0.717, 1.165) is 0 Å². The minimum Gasteiger partial charge on any atom is -1.00 e. The zero-order chi connectivity index (χ0) is 12.7. The summed E-state index contributed by atoms with van der Waals surface area (Å²) in [4.78, 5) is 0. The summed E-state index contributed by atoms with van der Waals surface area (Å²) in [5.74, 6) is 0. The average Bonchev–Trinajstić information content (AvgIpc) is 2.66. The maximum absolute atomic E-state index is 2.34. The Balaban J connectivity index is 0.00000162. The summed E-state index contributed by atoms with van der Waals surface area (Å²) in [5, 5.41) is 0. The van der Waals surface area contributed by atoms with Crippen molar-refractivity contribution >= 4 is 0 Å². The zero-order valence-electron chi connectivity index (χ0n) is 12.7. The van der Waals surface area contributed by atoms with Crippen LogP contribution in [-0.2, 0) is 22.9 Å². The minimum atomic E-state index is -0.733. The van der Waals surface area contributed by atoms with Gasteiger partial charge in [0.05, 0.1) is 0 Å². The smallest absolute Gasteiger partial charge is 1.00 e. The number of allylic oxidation sites excluding steroid dienone is 8. The zero-order valence-corrected chi connectivity index (χ0v) is 19.4.